The molecule has 4 aromatic heterocycles. The summed E-state index contributed by atoms with van der Waals surface area (Å²) in [5.41, 5.74) is 6.05. The molecular formula is C47H47ClN10O4S. The molecule has 6 heterocycles. The Bertz CT molecular complexity index is 2720. The molecule has 322 valence electrons. The predicted octanol–water partition coefficient (Wildman–Crippen LogP) is 8.36. The number of benzene rings is 2. The molecule has 3 fully saturated rings. The van der Waals surface area contributed by atoms with E-state index in [0.717, 1.165) is 84.3 Å². The summed E-state index contributed by atoms with van der Waals surface area (Å²) in [6.45, 7) is 8.35. The Kier molecular flexibility index (Phi) is 11.1. The van der Waals surface area contributed by atoms with Gasteiger partial charge < -0.3 is 24.1 Å². The minimum Gasteiger partial charge on any atom is -0.490 e. The molecule has 0 radical (unpaired) electrons. The van der Waals surface area contributed by atoms with Crippen LogP contribution in [0.3, 0.4) is 0 Å². The number of morpholine rings is 1. The molecule has 0 unspecified atom stereocenters. The van der Waals surface area contributed by atoms with Gasteiger partial charge in [0, 0.05) is 41.2 Å². The number of fused-ring (bicyclic) bond motifs is 3. The van der Waals surface area contributed by atoms with E-state index in [9.17, 15) is 4.79 Å². The molecule has 2 aliphatic heterocycles. The van der Waals surface area contributed by atoms with Crippen LogP contribution in [0.4, 0.5) is 5.82 Å². The second kappa shape index (κ2) is 17.0. The van der Waals surface area contributed by atoms with E-state index in [2.05, 4.69) is 84.3 Å². The summed E-state index contributed by atoms with van der Waals surface area (Å²) in [6, 6.07) is 19.5. The number of aliphatic imine (C=N–C) groups is 1. The van der Waals surface area contributed by atoms with Crippen LogP contribution in [-0.4, -0.2) is 79.0 Å². The summed E-state index contributed by atoms with van der Waals surface area (Å²) in [6.07, 6.45) is 9.79. The standard InChI is InChI=1S/C47H47ClN10O4S/c1-27-28(2)63-46-42(27)43(52-39(23-41-50-18-20-60-41)44-56-53-29(3)58(44)46)31-6-4-30(5-7-31)32-16-17-47(24-32)26-57(19-21-61-47)40-15-14-38(54-55-40)45(59)51-34-9-12-35(13-10-34)62-36-11-8-33(25-49)37(48)22-36/h4-8,11,14-15,18,20,22,32,34-35,39H,9-10,12-13,16-17,19,21,23-24,26H2,1-3H3,(H,51,59)/t32-,34?,35?,39-,47-/m0/s1. The van der Waals surface area contributed by atoms with E-state index in [1.165, 1.54) is 16.0 Å². The maximum Gasteiger partial charge on any atom is 0.272 e. The number of nitrogens with one attached hydrogen (secondary N) is 1. The number of hydrogen-bond acceptors (Lipinski definition) is 13. The second-order valence-corrected chi connectivity index (χ2v) is 18.7. The molecule has 0 bridgehead atoms. The molecule has 1 amide bonds. The third-order valence-electron chi connectivity index (χ3n) is 13.1. The highest BCUT2D eigenvalue weighted by atomic mass is 35.5. The molecule has 10 rings (SSSR count). The van der Waals surface area contributed by atoms with Gasteiger partial charge in [0.25, 0.3) is 5.91 Å². The first-order chi connectivity index (χ1) is 30.6. The van der Waals surface area contributed by atoms with Crippen molar-refractivity contribution in [3.63, 3.8) is 0 Å². The van der Waals surface area contributed by atoms with Crippen molar-refractivity contribution >= 4 is 40.4 Å². The molecule has 4 aliphatic rings. The predicted molar refractivity (Wildman–Crippen MR) is 238 cm³/mol. The molecular weight excluding hydrogens is 836 g/mol. The van der Waals surface area contributed by atoms with Crippen LogP contribution >= 0.6 is 22.9 Å². The van der Waals surface area contributed by atoms with Crippen molar-refractivity contribution in [1.29, 1.82) is 5.26 Å². The average molecular weight is 883 g/mol. The van der Waals surface area contributed by atoms with Crippen LogP contribution in [0.15, 0.2) is 76.5 Å². The number of carbonyl (C=O) groups excluding carboxylic acids is 1. The van der Waals surface area contributed by atoms with Crippen molar-refractivity contribution in [2.45, 2.75) is 102 Å². The van der Waals surface area contributed by atoms with E-state index < -0.39 is 0 Å². The van der Waals surface area contributed by atoms with Gasteiger partial charge in [-0.2, -0.15) is 5.26 Å². The molecule has 2 saturated carbocycles. The van der Waals surface area contributed by atoms with Gasteiger partial charge in [0.05, 0.1) is 47.2 Å². The number of aromatic nitrogens is 6. The van der Waals surface area contributed by atoms with Crippen molar-refractivity contribution in [3.05, 3.63) is 128 Å². The first kappa shape index (κ1) is 41.1. The SMILES string of the molecule is Cc1sc2c(c1C)C(c1ccc([C@H]3CC[C@]4(C3)CN(c3ccc(C(=O)NC5CCC(Oc6ccc(C#N)c(Cl)c6)CC5)nn3)CCO4)cc1)=N[C@@H](Cc1ncco1)c1nnc(C)n1-2. The lowest BCUT2D eigenvalue weighted by Crippen LogP contribution is -2.51. The zero-order chi connectivity index (χ0) is 43.2. The van der Waals surface area contributed by atoms with Gasteiger partial charge in [-0.15, -0.1) is 31.7 Å². The van der Waals surface area contributed by atoms with Crippen LogP contribution in [0.5, 0.6) is 5.75 Å². The minimum atomic E-state index is -0.321. The number of thiophene rings is 1. The summed E-state index contributed by atoms with van der Waals surface area (Å²) < 4.78 is 20.5. The molecule has 1 N–H and O–H groups in total. The number of ether oxygens (including phenoxy) is 2. The van der Waals surface area contributed by atoms with Crippen molar-refractivity contribution in [2.75, 3.05) is 24.6 Å². The topological polar surface area (TPSA) is 169 Å². The van der Waals surface area contributed by atoms with Crippen molar-refractivity contribution < 1.29 is 18.7 Å². The Balaban J connectivity index is 0.777. The Morgan fingerprint density at radius 1 is 1.03 bits per heavy atom. The van der Waals surface area contributed by atoms with Gasteiger partial charge in [-0.3, -0.25) is 14.4 Å². The van der Waals surface area contributed by atoms with E-state index in [-0.39, 0.29) is 29.7 Å². The Labute approximate surface area is 374 Å². The summed E-state index contributed by atoms with van der Waals surface area (Å²) in [5.74, 6) is 3.75. The maximum atomic E-state index is 13.2. The van der Waals surface area contributed by atoms with Crippen LogP contribution in [0, 0.1) is 32.1 Å². The lowest BCUT2D eigenvalue weighted by atomic mass is 9.91. The molecule has 2 aliphatic carbocycles. The maximum absolute atomic E-state index is 13.2. The van der Waals surface area contributed by atoms with Crippen LogP contribution in [0.25, 0.3) is 5.00 Å². The highest BCUT2D eigenvalue weighted by Gasteiger charge is 2.44. The summed E-state index contributed by atoms with van der Waals surface area (Å²) >= 11 is 7.93. The van der Waals surface area contributed by atoms with E-state index in [0.29, 0.717) is 60.0 Å². The molecule has 3 atom stereocenters. The summed E-state index contributed by atoms with van der Waals surface area (Å²) in [4.78, 5) is 26.5. The van der Waals surface area contributed by atoms with Gasteiger partial charge in [-0.25, -0.2) is 4.98 Å². The summed E-state index contributed by atoms with van der Waals surface area (Å²) in [5, 5.41) is 31.7. The zero-order valence-corrected chi connectivity index (χ0v) is 37.0. The smallest absolute Gasteiger partial charge is 0.272 e. The molecule has 16 heteroatoms. The van der Waals surface area contributed by atoms with Crippen LogP contribution in [-0.2, 0) is 11.2 Å². The Hall–Kier alpha value is -5.95. The number of rotatable bonds is 9. The fourth-order valence-electron chi connectivity index (χ4n) is 9.70. The normalized spacial score (nSPS) is 23.1. The lowest BCUT2D eigenvalue weighted by Gasteiger charge is -2.41. The van der Waals surface area contributed by atoms with Crippen LogP contribution in [0.2, 0.25) is 5.02 Å². The van der Waals surface area contributed by atoms with Crippen molar-refractivity contribution in [3.8, 4) is 16.8 Å². The largest absolute Gasteiger partial charge is 0.490 e. The number of nitrogens with zero attached hydrogens (tertiary/aromatic N) is 9. The molecule has 14 nitrogen and oxygen atoms in total. The number of aryl methyl sites for hydroxylation is 2. The number of anilines is 1. The fourth-order valence-corrected chi connectivity index (χ4v) is 11.1. The third kappa shape index (κ3) is 8.11. The van der Waals surface area contributed by atoms with Gasteiger partial charge in [0.1, 0.15) is 34.9 Å². The number of halogens is 1. The number of oxazole rings is 1. The Morgan fingerprint density at radius 2 is 1.87 bits per heavy atom. The van der Waals surface area contributed by atoms with Crippen LogP contribution in [0.1, 0.15) is 118 Å². The quantitative estimate of drug-likeness (QED) is 0.148. The molecule has 2 aromatic carbocycles. The second-order valence-electron chi connectivity index (χ2n) is 17.1. The molecule has 63 heavy (non-hydrogen) atoms. The van der Waals surface area contributed by atoms with Gasteiger partial charge in [-0.05, 0) is 107 Å². The highest BCUT2D eigenvalue weighted by Crippen LogP contribution is 2.46. The highest BCUT2D eigenvalue weighted by molar-refractivity contribution is 7.15. The Morgan fingerprint density at radius 3 is 2.62 bits per heavy atom. The summed E-state index contributed by atoms with van der Waals surface area (Å²) in [7, 11) is 0. The van der Waals surface area contributed by atoms with E-state index in [1.54, 1.807) is 48.1 Å². The van der Waals surface area contributed by atoms with Gasteiger partial charge in [0.2, 0.25) is 0 Å². The number of nitriles is 1. The van der Waals surface area contributed by atoms with E-state index >= 15 is 0 Å². The van der Waals surface area contributed by atoms with Crippen LogP contribution < -0.4 is 15.0 Å². The molecule has 1 saturated heterocycles. The first-order valence-electron chi connectivity index (χ1n) is 21.6. The van der Waals surface area contributed by atoms with Crippen molar-refractivity contribution in [2.24, 2.45) is 4.99 Å². The third-order valence-corrected chi connectivity index (χ3v) is 14.6. The van der Waals surface area contributed by atoms with E-state index in [1.807, 2.05) is 13.0 Å². The average Bonchev–Trinajstić information content (AvgIpc) is 4.09. The zero-order valence-electron chi connectivity index (χ0n) is 35.4. The van der Waals surface area contributed by atoms with E-state index in [4.69, 9.17) is 35.7 Å². The molecule has 1 spiro atoms. The first-order valence-corrected chi connectivity index (χ1v) is 22.8. The van der Waals surface area contributed by atoms with Gasteiger partial charge >= 0.3 is 0 Å². The fraction of sp³-hybridized carbons (Fsp3) is 0.404. The number of hydrogen-bond donors (Lipinski definition) is 1. The monoisotopic (exact) mass is 882 g/mol. The number of carbonyl (C=O) groups is 1. The number of amides is 1. The van der Waals surface area contributed by atoms with Gasteiger partial charge in [-0.1, -0.05) is 35.9 Å². The molecule has 6 aromatic rings. The van der Waals surface area contributed by atoms with Crippen molar-refractivity contribution in [1.82, 2.24) is 35.3 Å². The van der Waals surface area contributed by atoms with Gasteiger partial charge in [0.15, 0.2) is 23.2 Å². The lowest BCUT2D eigenvalue weighted by molar-refractivity contribution is -0.0513. The minimum absolute atomic E-state index is 0.0192.